The summed E-state index contributed by atoms with van der Waals surface area (Å²) >= 11 is 3.25. The van der Waals surface area contributed by atoms with Gasteiger partial charge in [-0.25, -0.2) is 14.8 Å². The second kappa shape index (κ2) is 3.06. The number of hydrogen-bond donors (Lipinski definition) is 1. The molecule has 0 spiro atoms. The molecule has 1 N–H and O–H groups in total. The highest BCUT2D eigenvalue weighted by atomic mass is 79.9. The maximum atomic E-state index is 10.7. The van der Waals surface area contributed by atoms with E-state index in [9.17, 15) is 4.79 Å². The molecule has 0 radical (unpaired) electrons. The van der Waals surface area contributed by atoms with E-state index in [1.165, 1.54) is 12.3 Å². The number of carboxylic acids is 1. The molecule has 0 aliphatic carbocycles. The molecule has 2 heterocycles. The third kappa shape index (κ3) is 1.27. The van der Waals surface area contributed by atoms with Crippen LogP contribution < -0.4 is 0 Å². The van der Waals surface area contributed by atoms with Crippen molar-refractivity contribution in [1.29, 1.82) is 0 Å². The van der Waals surface area contributed by atoms with Gasteiger partial charge >= 0.3 is 5.97 Å². The number of aromatic nitrogens is 3. The fraction of sp³-hybridized carbons (Fsp3) is 0.125. The van der Waals surface area contributed by atoms with Gasteiger partial charge in [0.15, 0.2) is 4.73 Å². The average molecular weight is 256 g/mol. The number of imidazole rings is 1. The van der Waals surface area contributed by atoms with E-state index in [1.807, 2.05) is 0 Å². The zero-order chi connectivity index (χ0) is 10.3. The first-order valence-electron chi connectivity index (χ1n) is 3.81. The van der Waals surface area contributed by atoms with Crippen LogP contribution in [-0.2, 0) is 7.05 Å². The highest BCUT2D eigenvalue weighted by Gasteiger charge is 2.10. The fourth-order valence-corrected chi connectivity index (χ4v) is 1.57. The lowest BCUT2D eigenvalue weighted by Gasteiger charge is -1.96. The number of hydrogen-bond acceptors (Lipinski definition) is 3. The molecule has 0 aliphatic heterocycles. The van der Waals surface area contributed by atoms with Crippen LogP contribution >= 0.6 is 15.9 Å². The number of halogens is 1. The predicted molar refractivity (Wildman–Crippen MR) is 53.2 cm³/mol. The molecule has 0 bridgehead atoms. The predicted octanol–water partition coefficient (Wildman–Crippen LogP) is 1.43. The summed E-state index contributed by atoms with van der Waals surface area (Å²) in [7, 11) is 1.80. The van der Waals surface area contributed by atoms with Gasteiger partial charge in [0.1, 0.15) is 11.2 Å². The van der Waals surface area contributed by atoms with Crippen molar-refractivity contribution >= 4 is 32.9 Å². The molecule has 0 aromatic carbocycles. The van der Waals surface area contributed by atoms with Crippen molar-refractivity contribution in [2.24, 2.45) is 7.05 Å². The zero-order valence-electron chi connectivity index (χ0n) is 7.23. The second-order valence-electron chi connectivity index (χ2n) is 2.80. The van der Waals surface area contributed by atoms with Crippen molar-refractivity contribution in [3.63, 3.8) is 0 Å². The van der Waals surface area contributed by atoms with Crippen LogP contribution in [-0.4, -0.2) is 25.6 Å². The number of fused-ring (bicyclic) bond motifs is 1. The summed E-state index contributed by atoms with van der Waals surface area (Å²) in [6.07, 6.45) is 1.45. The number of aryl methyl sites for hydroxylation is 1. The Morgan fingerprint density at radius 2 is 2.36 bits per heavy atom. The number of aromatic carboxylic acids is 1. The third-order valence-corrected chi connectivity index (χ3v) is 2.64. The van der Waals surface area contributed by atoms with Crippen LogP contribution in [0.25, 0.3) is 11.0 Å². The minimum Gasteiger partial charge on any atom is -0.477 e. The molecule has 0 unspecified atom stereocenters. The van der Waals surface area contributed by atoms with Crippen LogP contribution in [0.3, 0.4) is 0 Å². The molecule has 0 aliphatic rings. The minimum absolute atomic E-state index is 0.0213. The Hall–Kier alpha value is -1.43. The van der Waals surface area contributed by atoms with E-state index >= 15 is 0 Å². The van der Waals surface area contributed by atoms with Crippen molar-refractivity contribution in [3.8, 4) is 0 Å². The SMILES string of the molecule is Cn1c(Br)nc2cnc(C(=O)O)cc21. The molecule has 5 nitrogen and oxygen atoms in total. The molecule has 0 fully saturated rings. The van der Waals surface area contributed by atoms with Crippen molar-refractivity contribution in [2.75, 3.05) is 0 Å². The summed E-state index contributed by atoms with van der Waals surface area (Å²) in [4.78, 5) is 18.6. The molecule has 14 heavy (non-hydrogen) atoms. The number of rotatable bonds is 1. The quantitative estimate of drug-likeness (QED) is 0.837. The lowest BCUT2D eigenvalue weighted by atomic mass is 10.3. The van der Waals surface area contributed by atoms with Crippen molar-refractivity contribution in [2.45, 2.75) is 0 Å². The Morgan fingerprint density at radius 3 is 3.00 bits per heavy atom. The van der Waals surface area contributed by atoms with Crippen molar-refractivity contribution < 1.29 is 9.90 Å². The largest absolute Gasteiger partial charge is 0.477 e. The number of pyridine rings is 1. The van der Waals surface area contributed by atoms with Crippen LogP contribution in [0.4, 0.5) is 0 Å². The lowest BCUT2D eigenvalue weighted by molar-refractivity contribution is 0.0690. The Bertz CT molecular complexity index is 521. The molecule has 2 aromatic rings. The summed E-state index contributed by atoms with van der Waals surface area (Å²) < 4.78 is 2.40. The zero-order valence-corrected chi connectivity index (χ0v) is 8.82. The van der Waals surface area contributed by atoms with E-state index in [2.05, 4.69) is 25.9 Å². The molecule has 2 aromatic heterocycles. The van der Waals surface area contributed by atoms with Gasteiger partial charge in [-0.1, -0.05) is 0 Å². The highest BCUT2D eigenvalue weighted by Crippen LogP contribution is 2.18. The number of nitrogens with zero attached hydrogens (tertiary/aromatic N) is 3. The maximum Gasteiger partial charge on any atom is 0.354 e. The van der Waals surface area contributed by atoms with Crippen molar-refractivity contribution in [1.82, 2.24) is 14.5 Å². The van der Waals surface area contributed by atoms with Crippen LogP contribution in [0.5, 0.6) is 0 Å². The Kier molecular flexibility index (Phi) is 1.99. The summed E-state index contributed by atoms with van der Waals surface area (Å²) in [6.45, 7) is 0. The standard InChI is InChI=1S/C8H6BrN3O2/c1-12-6-2-4(7(13)14)10-3-5(6)11-8(12)9/h2-3H,1H3,(H,13,14). The van der Waals surface area contributed by atoms with E-state index in [4.69, 9.17) is 5.11 Å². The smallest absolute Gasteiger partial charge is 0.354 e. The molecule has 0 amide bonds. The van der Waals surface area contributed by atoms with E-state index in [0.29, 0.717) is 10.3 Å². The van der Waals surface area contributed by atoms with Gasteiger partial charge in [0.25, 0.3) is 0 Å². The van der Waals surface area contributed by atoms with Gasteiger partial charge in [0.05, 0.1) is 11.7 Å². The van der Waals surface area contributed by atoms with E-state index in [-0.39, 0.29) is 5.69 Å². The van der Waals surface area contributed by atoms with Crippen LogP contribution in [0.15, 0.2) is 17.0 Å². The average Bonchev–Trinajstić information content (AvgIpc) is 2.43. The van der Waals surface area contributed by atoms with Gasteiger partial charge in [0, 0.05) is 7.05 Å². The first kappa shape index (κ1) is 9.14. The Balaban J connectivity index is 2.76. The van der Waals surface area contributed by atoms with Gasteiger partial charge in [-0.05, 0) is 22.0 Å². The molecular formula is C8H6BrN3O2. The normalized spacial score (nSPS) is 10.7. The van der Waals surface area contributed by atoms with E-state index < -0.39 is 5.97 Å². The second-order valence-corrected chi connectivity index (χ2v) is 3.51. The molecule has 6 heteroatoms. The summed E-state index contributed by atoms with van der Waals surface area (Å²) in [5, 5.41) is 8.74. The Labute approximate surface area is 87.5 Å². The molecule has 2 rings (SSSR count). The lowest BCUT2D eigenvalue weighted by Crippen LogP contribution is -2.00. The summed E-state index contributed by atoms with van der Waals surface area (Å²) in [5.74, 6) is -1.04. The third-order valence-electron chi connectivity index (χ3n) is 1.93. The maximum absolute atomic E-state index is 10.7. The van der Waals surface area contributed by atoms with Crippen LogP contribution in [0, 0.1) is 0 Å². The van der Waals surface area contributed by atoms with Crippen molar-refractivity contribution in [3.05, 3.63) is 22.7 Å². The van der Waals surface area contributed by atoms with Gasteiger partial charge in [-0.15, -0.1) is 0 Å². The number of carbonyl (C=O) groups is 1. The highest BCUT2D eigenvalue weighted by molar-refractivity contribution is 9.10. The Morgan fingerprint density at radius 1 is 1.64 bits per heavy atom. The van der Waals surface area contributed by atoms with Gasteiger partial charge in [-0.3, -0.25) is 0 Å². The summed E-state index contributed by atoms with van der Waals surface area (Å²) in [5.41, 5.74) is 1.43. The van der Waals surface area contributed by atoms with E-state index in [0.717, 1.165) is 5.52 Å². The molecular weight excluding hydrogens is 250 g/mol. The van der Waals surface area contributed by atoms with Gasteiger partial charge in [-0.2, -0.15) is 0 Å². The molecule has 0 saturated carbocycles. The topological polar surface area (TPSA) is 68.0 Å². The first-order valence-corrected chi connectivity index (χ1v) is 4.60. The monoisotopic (exact) mass is 255 g/mol. The van der Waals surface area contributed by atoms with Gasteiger partial charge in [0.2, 0.25) is 0 Å². The minimum atomic E-state index is -1.04. The molecule has 0 saturated heterocycles. The molecule has 0 atom stereocenters. The first-order chi connectivity index (χ1) is 6.59. The van der Waals surface area contributed by atoms with Crippen LogP contribution in [0.2, 0.25) is 0 Å². The van der Waals surface area contributed by atoms with Crippen LogP contribution in [0.1, 0.15) is 10.5 Å². The van der Waals surface area contributed by atoms with E-state index in [1.54, 1.807) is 11.6 Å². The fourth-order valence-electron chi connectivity index (χ4n) is 1.18. The van der Waals surface area contributed by atoms with Gasteiger partial charge < -0.3 is 9.67 Å². The summed E-state index contributed by atoms with van der Waals surface area (Å²) in [6, 6.07) is 1.50. The number of carboxylic acid groups (broad SMARTS) is 1. The molecule has 72 valence electrons.